The Morgan fingerprint density at radius 2 is 2.08 bits per heavy atom. The summed E-state index contributed by atoms with van der Waals surface area (Å²) in [6, 6.07) is 5.94. The Morgan fingerprint density at radius 3 is 2.77 bits per heavy atom. The van der Waals surface area contributed by atoms with Gasteiger partial charge in [-0.25, -0.2) is 0 Å². The molecule has 3 heteroatoms. The van der Waals surface area contributed by atoms with Crippen molar-refractivity contribution in [1.82, 2.24) is 0 Å². The first-order valence-corrected chi connectivity index (χ1v) is 5.66. The molecular formula is C10H8Cl2S. The van der Waals surface area contributed by atoms with Gasteiger partial charge < -0.3 is 0 Å². The van der Waals surface area contributed by atoms with Crippen LogP contribution in [0.25, 0.3) is 10.1 Å². The van der Waals surface area contributed by atoms with Crippen LogP contribution in [0.3, 0.4) is 0 Å². The second kappa shape index (κ2) is 3.49. The molecule has 0 aliphatic heterocycles. The fraction of sp³-hybridized carbons (Fsp3) is 0.200. The summed E-state index contributed by atoms with van der Waals surface area (Å²) in [5.74, 6) is 0. The number of hydrogen-bond acceptors (Lipinski definition) is 1. The molecule has 0 amide bonds. The number of rotatable bonds is 1. The SMILES string of the molecule is CCc1ccc(Cl)c2cc(Cl)sc12. The van der Waals surface area contributed by atoms with Crippen LogP contribution in [0.4, 0.5) is 0 Å². The van der Waals surface area contributed by atoms with Gasteiger partial charge >= 0.3 is 0 Å². The molecule has 0 radical (unpaired) electrons. The molecule has 1 aromatic heterocycles. The summed E-state index contributed by atoms with van der Waals surface area (Å²) in [6.07, 6.45) is 1.02. The summed E-state index contributed by atoms with van der Waals surface area (Å²) in [5.41, 5.74) is 1.32. The number of halogens is 2. The van der Waals surface area contributed by atoms with Gasteiger partial charge in [-0.15, -0.1) is 11.3 Å². The fourth-order valence-corrected chi connectivity index (χ4v) is 3.00. The highest BCUT2D eigenvalue weighted by Crippen LogP contribution is 2.36. The number of benzene rings is 1. The third-order valence-electron chi connectivity index (χ3n) is 2.06. The fourth-order valence-electron chi connectivity index (χ4n) is 1.39. The average Bonchev–Trinajstić information content (AvgIpc) is 2.48. The lowest BCUT2D eigenvalue weighted by molar-refractivity contribution is 1.16. The molecule has 68 valence electrons. The highest BCUT2D eigenvalue weighted by Gasteiger charge is 2.07. The Morgan fingerprint density at radius 1 is 1.31 bits per heavy atom. The van der Waals surface area contributed by atoms with Gasteiger partial charge in [0.25, 0.3) is 0 Å². The van der Waals surface area contributed by atoms with Gasteiger partial charge in [0, 0.05) is 15.1 Å². The summed E-state index contributed by atoms with van der Waals surface area (Å²) in [5, 5.41) is 1.87. The molecule has 13 heavy (non-hydrogen) atoms. The lowest BCUT2D eigenvalue weighted by Crippen LogP contribution is -1.79. The van der Waals surface area contributed by atoms with Crippen LogP contribution < -0.4 is 0 Å². The van der Waals surface area contributed by atoms with Crippen LogP contribution in [0.5, 0.6) is 0 Å². The zero-order valence-corrected chi connectivity index (χ0v) is 9.43. The number of thiophene rings is 1. The Labute approximate surface area is 91.1 Å². The van der Waals surface area contributed by atoms with Crippen LogP contribution in [0.15, 0.2) is 18.2 Å². The van der Waals surface area contributed by atoms with Gasteiger partial charge in [0.15, 0.2) is 0 Å². The molecule has 0 unspecified atom stereocenters. The van der Waals surface area contributed by atoms with Gasteiger partial charge in [0.2, 0.25) is 0 Å². The smallest absolute Gasteiger partial charge is 0.0941 e. The summed E-state index contributed by atoms with van der Waals surface area (Å²) in [6.45, 7) is 2.14. The van der Waals surface area contributed by atoms with Crippen LogP contribution in [-0.2, 0) is 6.42 Å². The zero-order valence-electron chi connectivity index (χ0n) is 7.10. The van der Waals surface area contributed by atoms with Crippen LogP contribution in [-0.4, -0.2) is 0 Å². The lowest BCUT2D eigenvalue weighted by Gasteiger charge is -1.99. The van der Waals surface area contributed by atoms with Crippen molar-refractivity contribution in [3.8, 4) is 0 Å². The van der Waals surface area contributed by atoms with E-state index < -0.39 is 0 Å². The average molecular weight is 231 g/mol. The van der Waals surface area contributed by atoms with E-state index in [1.807, 2.05) is 12.1 Å². The van der Waals surface area contributed by atoms with E-state index >= 15 is 0 Å². The molecule has 1 aromatic carbocycles. The van der Waals surface area contributed by atoms with E-state index in [-0.39, 0.29) is 0 Å². The van der Waals surface area contributed by atoms with Gasteiger partial charge in [-0.2, -0.15) is 0 Å². The minimum absolute atomic E-state index is 0.787. The quantitative estimate of drug-likeness (QED) is 0.663. The van der Waals surface area contributed by atoms with Crippen molar-refractivity contribution in [2.75, 3.05) is 0 Å². The maximum Gasteiger partial charge on any atom is 0.0941 e. The van der Waals surface area contributed by atoms with Crippen LogP contribution in [0.2, 0.25) is 9.36 Å². The van der Waals surface area contributed by atoms with Gasteiger partial charge in [0.05, 0.1) is 4.34 Å². The molecule has 0 fully saturated rings. The number of aryl methyl sites for hydroxylation is 1. The van der Waals surface area contributed by atoms with Crippen molar-refractivity contribution in [1.29, 1.82) is 0 Å². The highest BCUT2D eigenvalue weighted by atomic mass is 35.5. The number of fused-ring (bicyclic) bond motifs is 1. The van der Waals surface area contributed by atoms with E-state index in [0.29, 0.717) is 0 Å². The standard InChI is InChI=1S/C10H8Cl2S/c1-2-6-3-4-8(11)7-5-9(12)13-10(6)7/h3-5H,2H2,1H3. The molecule has 0 N–H and O–H groups in total. The Hall–Kier alpha value is -0.240. The molecule has 0 saturated carbocycles. The molecule has 0 aliphatic rings. The van der Waals surface area contributed by atoms with Crippen LogP contribution >= 0.6 is 34.5 Å². The normalized spacial score (nSPS) is 11.0. The van der Waals surface area contributed by atoms with Crippen LogP contribution in [0, 0.1) is 0 Å². The molecule has 0 aliphatic carbocycles. The first kappa shape index (κ1) is 9.32. The Bertz CT molecular complexity index is 445. The Balaban J connectivity index is 2.83. The van der Waals surface area contributed by atoms with Crippen LogP contribution in [0.1, 0.15) is 12.5 Å². The maximum atomic E-state index is 6.05. The third-order valence-corrected chi connectivity index (χ3v) is 3.73. The van der Waals surface area contributed by atoms with E-state index in [0.717, 1.165) is 21.2 Å². The maximum absolute atomic E-state index is 6.05. The molecular weight excluding hydrogens is 223 g/mol. The van der Waals surface area contributed by atoms with Crippen molar-refractivity contribution >= 4 is 44.6 Å². The van der Waals surface area contributed by atoms with Crippen molar-refractivity contribution in [3.05, 3.63) is 33.1 Å². The van der Waals surface area contributed by atoms with Crippen molar-refractivity contribution in [2.45, 2.75) is 13.3 Å². The van der Waals surface area contributed by atoms with Crippen molar-refractivity contribution in [3.63, 3.8) is 0 Å². The first-order valence-electron chi connectivity index (χ1n) is 4.08. The largest absolute Gasteiger partial charge is 0.123 e. The summed E-state index contributed by atoms with van der Waals surface area (Å²) in [4.78, 5) is 0. The second-order valence-electron chi connectivity index (χ2n) is 2.85. The lowest BCUT2D eigenvalue weighted by atomic mass is 10.1. The summed E-state index contributed by atoms with van der Waals surface area (Å²) >= 11 is 13.6. The minimum Gasteiger partial charge on any atom is -0.123 e. The molecule has 0 spiro atoms. The van der Waals surface area contributed by atoms with Gasteiger partial charge in [0.1, 0.15) is 0 Å². The monoisotopic (exact) mass is 230 g/mol. The first-order chi connectivity index (χ1) is 6.22. The predicted molar refractivity (Wildman–Crippen MR) is 61.2 cm³/mol. The minimum atomic E-state index is 0.787. The van der Waals surface area contributed by atoms with E-state index in [4.69, 9.17) is 23.2 Å². The van der Waals surface area contributed by atoms with E-state index in [1.54, 1.807) is 11.3 Å². The third kappa shape index (κ3) is 1.56. The molecule has 0 atom stereocenters. The van der Waals surface area contributed by atoms with Gasteiger partial charge in [-0.3, -0.25) is 0 Å². The van der Waals surface area contributed by atoms with Crippen molar-refractivity contribution < 1.29 is 0 Å². The van der Waals surface area contributed by atoms with E-state index in [9.17, 15) is 0 Å². The molecule has 1 heterocycles. The number of hydrogen-bond donors (Lipinski definition) is 0. The molecule has 0 bridgehead atoms. The predicted octanol–water partition coefficient (Wildman–Crippen LogP) is 4.77. The molecule has 0 nitrogen and oxygen atoms in total. The highest BCUT2D eigenvalue weighted by molar-refractivity contribution is 7.22. The molecule has 0 saturated heterocycles. The second-order valence-corrected chi connectivity index (χ2v) is 4.94. The topological polar surface area (TPSA) is 0 Å². The Kier molecular flexibility index (Phi) is 2.50. The van der Waals surface area contributed by atoms with E-state index in [1.165, 1.54) is 10.3 Å². The molecule has 2 aromatic rings. The molecule has 2 rings (SSSR count). The zero-order chi connectivity index (χ0) is 9.42. The van der Waals surface area contributed by atoms with Gasteiger partial charge in [-0.1, -0.05) is 36.2 Å². The van der Waals surface area contributed by atoms with Gasteiger partial charge in [-0.05, 0) is 24.1 Å². The summed E-state index contributed by atoms with van der Waals surface area (Å²) < 4.78 is 2.03. The van der Waals surface area contributed by atoms with Crippen molar-refractivity contribution in [2.24, 2.45) is 0 Å². The van der Waals surface area contributed by atoms with E-state index in [2.05, 4.69) is 13.0 Å². The summed E-state index contributed by atoms with van der Waals surface area (Å²) in [7, 11) is 0.